The Balaban J connectivity index is 1.69. The Kier molecular flexibility index (Phi) is 4.46. The second-order valence-electron chi connectivity index (χ2n) is 5.70. The van der Waals surface area contributed by atoms with Crippen LogP contribution in [-0.2, 0) is 11.2 Å². The number of fused-ring (bicyclic) bond motifs is 1. The summed E-state index contributed by atoms with van der Waals surface area (Å²) in [5.41, 5.74) is 3.14. The highest BCUT2D eigenvalue weighted by Crippen LogP contribution is 2.26. The summed E-state index contributed by atoms with van der Waals surface area (Å²) < 4.78 is 11.0. The number of nitrogens with zero attached hydrogens (tertiary/aromatic N) is 2. The summed E-state index contributed by atoms with van der Waals surface area (Å²) in [5, 5.41) is 8.84. The standard InChI is InChI=1S/C18H18N2O4/c1-11-3-8-15-16(9-11)19-10-17(20-15)24-14-6-4-13(5-7-14)23-12(2)18(21)22/h4-7,9-10,12H,3,8H2,1-2H3,(H,21,22). The minimum Gasteiger partial charge on any atom is -0.479 e. The zero-order chi connectivity index (χ0) is 17.1. The molecular formula is C18H18N2O4. The Hall–Kier alpha value is -2.89. The number of carboxylic acids is 1. The molecule has 2 aromatic rings. The predicted octanol–water partition coefficient (Wildman–Crippen LogP) is 3.47. The van der Waals surface area contributed by atoms with E-state index in [1.807, 2.05) is 6.08 Å². The lowest BCUT2D eigenvalue weighted by Gasteiger charge is -2.14. The van der Waals surface area contributed by atoms with Gasteiger partial charge in [-0.2, -0.15) is 0 Å². The summed E-state index contributed by atoms with van der Waals surface area (Å²) in [6, 6.07) is 6.73. The SMILES string of the molecule is CC1=Cc2ncc(Oc3ccc(OC(C)C(=O)O)cc3)nc2CC1. The number of hydrogen-bond acceptors (Lipinski definition) is 5. The van der Waals surface area contributed by atoms with Gasteiger partial charge in [-0.05, 0) is 57.0 Å². The van der Waals surface area contributed by atoms with Gasteiger partial charge in [-0.15, -0.1) is 0 Å². The van der Waals surface area contributed by atoms with Crippen LogP contribution in [0.1, 0.15) is 31.7 Å². The van der Waals surface area contributed by atoms with Crippen molar-refractivity contribution in [2.45, 2.75) is 32.8 Å². The first-order valence-electron chi connectivity index (χ1n) is 7.72. The maximum Gasteiger partial charge on any atom is 0.344 e. The minimum atomic E-state index is -1.01. The highest BCUT2D eigenvalue weighted by Gasteiger charge is 2.14. The van der Waals surface area contributed by atoms with Crippen molar-refractivity contribution in [3.8, 4) is 17.4 Å². The van der Waals surface area contributed by atoms with Crippen LogP contribution in [0.5, 0.6) is 17.4 Å². The van der Waals surface area contributed by atoms with Crippen LogP contribution < -0.4 is 9.47 Å². The van der Waals surface area contributed by atoms with Gasteiger partial charge >= 0.3 is 5.97 Å². The molecule has 0 saturated heterocycles. The lowest BCUT2D eigenvalue weighted by molar-refractivity contribution is -0.144. The Labute approximate surface area is 139 Å². The molecule has 1 aliphatic carbocycles. The molecule has 1 N–H and O–H groups in total. The average molecular weight is 326 g/mol. The van der Waals surface area contributed by atoms with Gasteiger partial charge in [0.15, 0.2) is 6.10 Å². The minimum absolute atomic E-state index is 0.439. The number of aliphatic carboxylic acids is 1. The molecule has 3 rings (SSSR count). The molecule has 0 bridgehead atoms. The molecule has 0 fully saturated rings. The number of aromatic nitrogens is 2. The van der Waals surface area contributed by atoms with E-state index in [9.17, 15) is 4.79 Å². The second-order valence-corrected chi connectivity index (χ2v) is 5.70. The highest BCUT2D eigenvalue weighted by atomic mass is 16.5. The fraction of sp³-hybridized carbons (Fsp3) is 0.278. The Morgan fingerprint density at radius 3 is 2.62 bits per heavy atom. The summed E-state index contributed by atoms with van der Waals surface area (Å²) in [6.07, 6.45) is 4.59. The third-order valence-electron chi connectivity index (χ3n) is 3.70. The molecule has 1 heterocycles. The molecule has 6 nitrogen and oxygen atoms in total. The van der Waals surface area contributed by atoms with Gasteiger partial charge in [0, 0.05) is 0 Å². The van der Waals surface area contributed by atoms with E-state index in [2.05, 4.69) is 16.9 Å². The van der Waals surface area contributed by atoms with Gasteiger partial charge < -0.3 is 14.6 Å². The Morgan fingerprint density at radius 1 is 1.21 bits per heavy atom. The van der Waals surface area contributed by atoms with Crippen molar-refractivity contribution >= 4 is 12.0 Å². The van der Waals surface area contributed by atoms with Crippen LogP contribution in [0.4, 0.5) is 0 Å². The van der Waals surface area contributed by atoms with Crippen molar-refractivity contribution in [3.05, 3.63) is 47.4 Å². The van der Waals surface area contributed by atoms with Crippen LogP contribution in [0, 0.1) is 0 Å². The smallest absolute Gasteiger partial charge is 0.344 e. The molecule has 0 saturated carbocycles. The third-order valence-corrected chi connectivity index (χ3v) is 3.70. The number of carboxylic acid groups (broad SMARTS) is 1. The van der Waals surface area contributed by atoms with Crippen LogP contribution >= 0.6 is 0 Å². The van der Waals surface area contributed by atoms with Gasteiger partial charge in [0.1, 0.15) is 11.5 Å². The number of aryl methyl sites for hydroxylation is 1. The molecule has 0 radical (unpaired) electrons. The zero-order valence-corrected chi connectivity index (χ0v) is 13.5. The predicted molar refractivity (Wildman–Crippen MR) is 88.2 cm³/mol. The molecule has 1 unspecified atom stereocenters. The molecule has 1 aromatic heterocycles. The van der Waals surface area contributed by atoms with E-state index < -0.39 is 12.1 Å². The van der Waals surface area contributed by atoms with E-state index in [1.165, 1.54) is 12.5 Å². The van der Waals surface area contributed by atoms with Crippen molar-refractivity contribution in [2.75, 3.05) is 0 Å². The van der Waals surface area contributed by atoms with Crippen molar-refractivity contribution in [1.82, 2.24) is 9.97 Å². The first kappa shape index (κ1) is 16.0. The van der Waals surface area contributed by atoms with E-state index in [0.29, 0.717) is 17.4 Å². The van der Waals surface area contributed by atoms with Crippen LogP contribution in [0.3, 0.4) is 0 Å². The van der Waals surface area contributed by atoms with Crippen LogP contribution in [-0.4, -0.2) is 27.1 Å². The Bertz CT molecular complexity index is 784. The number of carbonyl (C=O) groups is 1. The van der Waals surface area contributed by atoms with E-state index in [1.54, 1.807) is 30.5 Å². The van der Waals surface area contributed by atoms with E-state index >= 15 is 0 Å². The van der Waals surface area contributed by atoms with E-state index in [-0.39, 0.29) is 0 Å². The number of allylic oxidation sites excluding steroid dienone is 1. The van der Waals surface area contributed by atoms with E-state index in [0.717, 1.165) is 24.2 Å². The van der Waals surface area contributed by atoms with E-state index in [4.69, 9.17) is 14.6 Å². The molecular weight excluding hydrogens is 308 g/mol. The van der Waals surface area contributed by atoms with Gasteiger partial charge in [-0.3, -0.25) is 0 Å². The first-order valence-corrected chi connectivity index (χ1v) is 7.72. The second kappa shape index (κ2) is 6.70. The maximum absolute atomic E-state index is 10.8. The summed E-state index contributed by atoms with van der Waals surface area (Å²) in [5.74, 6) is 0.481. The largest absolute Gasteiger partial charge is 0.479 e. The lowest BCUT2D eigenvalue weighted by atomic mass is 10.0. The number of benzene rings is 1. The van der Waals surface area contributed by atoms with Crippen LogP contribution in [0.25, 0.3) is 6.08 Å². The molecule has 124 valence electrons. The fourth-order valence-electron chi connectivity index (χ4n) is 2.35. The monoisotopic (exact) mass is 326 g/mol. The molecule has 0 amide bonds. The molecule has 1 aliphatic rings. The summed E-state index contributed by atoms with van der Waals surface area (Å²) in [6.45, 7) is 3.56. The highest BCUT2D eigenvalue weighted by molar-refractivity contribution is 5.72. The van der Waals surface area contributed by atoms with Gasteiger partial charge in [-0.1, -0.05) is 5.57 Å². The molecule has 1 atom stereocenters. The average Bonchev–Trinajstić information content (AvgIpc) is 2.56. The summed E-state index contributed by atoms with van der Waals surface area (Å²) >= 11 is 0. The lowest BCUT2D eigenvalue weighted by Crippen LogP contribution is -2.22. The van der Waals surface area contributed by atoms with Crippen molar-refractivity contribution in [2.24, 2.45) is 0 Å². The maximum atomic E-state index is 10.8. The summed E-state index contributed by atoms with van der Waals surface area (Å²) in [4.78, 5) is 19.7. The summed E-state index contributed by atoms with van der Waals surface area (Å²) in [7, 11) is 0. The normalized spacial score (nSPS) is 14.3. The van der Waals surface area contributed by atoms with Gasteiger partial charge in [0.2, 0.25) is 5.88 Å². The quantitative estimate of drug-likeness (QED) is 0.906. The third kappa shape index (κ3) is 3.71. The topological polar surface area (TPSA) is 81.5 Å². The van der Waals surface area contributed by atoms with Crippen molar-refractivity contribution in [3.63, 3.8) is 0 Å². The number of hydrogen-bond donors (Lipinski definition) is 1. The fourth-order valence-corrected chi connectivity index (χ4v) is 2.35. The first-order chi connectivity index (χ1) is 11.5. The van der Waals surface area contributed by atoms with Crippen molar-refractivity contribution in [1.29, 1.82) is 0 Å². The number of ether oxygens (including phenoxy) is 2. The van der Waals surface area contributed by atoms with Gasteiger partial charge in [0.25, 0.3) is 0 Å². The molecule has 0 aliphatic heterocycles. The molecule has 1 aromatic carbocycles. The van der Waals surface area contributed by atoms with Crippen molar-refractivity contribution < 1.29 is 19.4 Å². The van der Waals surface area contributed by atoms with Crippen LogP contribution in [0.15, 0.2) is 36.0 Å². The van der Waals surface area contributed by atoms with Crippen LogP contribution in [0.2, 0.25) is 0 Å². The number of rotatable bonds is 5. The Morgan fingerprint density at radius 2 is 1.92 bits per heavy atom. The van der Waals surface area contributed by atoms with Gasteiger partial charge in [-0.25, -0.2) is 14.8 Å². The molecule has 0 spiro atoms. The molecule has 6 heteroatoms. The van der Waals surface area contributed by atoms with Gasteiger partial charge in [0.05, 0.1) is 17.6 Å². The molecule has 24 heavy (non-hydrogen) atoms. The zero-order valence-electron chi connectivity index (χ0n) is 13.5.